The van der Waals surface area contributed by atoms with Crippen LogP contribution in [0.15, 0.2) is 109 Å². The standard InChI is InChI=1S/C28H23NO2/c1-21-17-18-26-25(19-21)28(27(30)31-26,22-11-5-2-6-12-22)20-29(23-13-7-3-8-14-23)24-15-9-4-10-16-24/h2-19H,20H2,1H3. The minimum Gasteiger partial charge on any atom is -0.425 e. The fourth-order valence-corrected chi connectivity index (χ4v) is 4.39. The van der Waals surface area contributed by atoms with Crippen molar-refractivity contribution in [2.75, 3.05) is 11.4 Å². The van der Waals surface area contributed by atoms with Gasteiger partial charge in [0.15, 0.2) is 0 Å². The number of aryl methyl sites for hydroxylation is 1. The Kier molecular flexibility index (Phi) is 4.79. The molecular weight excluding hydrogens is 382 g/mol. The van der Waals surface area contributed by atoms with Gasteiger partial charge in [0.25, 0.3) is 0 Å². The van der Waals surface area contributed by atoms with E-state index < -0.39 is 5.41 Å². The van der Waals surface area contributed by atoms with Crippen molar-refractivity contribution in [1.82, 2.24) is 0 Å². The molecule has 152 valence electrons. The first-order chi connectivity index (χ1) is 15.2. The third-order valence-corrected chi connectivity index (χ3v) is 5.94. The first kappa shape index (κ1) is 19.1. The van der Waals surface area contributed by atoms with Crippen LogP contribution in [0, 0.1) is 6.92 Å². The summed E-state index contributed by atoms with van der Waals surface area (Å²) in [6.45, 7) is 2.48. The number of nitrogens with zero attached hydrogens (tertiary/aromatic N) is 1. The quantitative estimate of drug-likeness (QED) is 0.299. The lowest BCUT2D eigenvalue weighted by molar-refractivity contribution is -0.136. The predicted molar refractivity (Wildman–Crippen MR) is 124 cm³/mol. The highest BCUT2D eigenvalue weighted by Gasteiger charge is 2.52. The summed E-state index contributed by atoms with van der Waals surface area (Å²) in [5.74, 6) is 0.400. The largest absolute Gasteiger partial charge is 0.425 e. The van der Waals surface area contributed by atoms with Crippen molar-refractivity contribution < 1.29 is 9.53 Å². The number of hydrogen-bond acceptors (Lipinski definition) is 3. The summed E-state index contributed by atoms with van der Waals surface area (Å²) in [5.41, 5.74) is 4.06. The fraction of sp³-hybridized carbons (Fsp3) is 0.107. The van der Waals surface area contributed by atoms with Crippen molar-refractivity contribution in [1.29, 1.82) is 0 Å². The van der Waals surface area contributed by atoms with Gasteiger partial charge in [-0.15, -0.1) is 0 Å². The third-order valence-electron chi connectivity index (χ3n) is 5.94. The molecule has 0 fully saturated rings. The summed E-state index contributed by atoms with van der Waals surface area (Å²) in [4.78, 5) is 15.8. The van der Waals surface area contributed by atoms with Gasteiger partial charge in [-0.05, 0) is 42.8 Å². The van der Waals surface area contributed by atoms with E-state index in [2.05, 4.69) is 35.2 Å². The molecule has 0 radical (unpaired) electrons. The molecule has 1 atom stereocenters. The van der Waals surface area contributed by atoms with Gasteiger partial charge in [0.2, 0.25) is 0 Å². The molecule has 1 heterocycles. The van der Waals surface area contributed by atoms with E-state index in [4.69, 9.17) is 4.74 Å². The number of hydrogen-bond donors (Lipinski definition) is 0. The van der Waals surface area contributed by atoms with Crippen LogP contribution >= 0.6 is 0 Å². The van der Waals surface area contributed by atoms with Crippen molar-refractivity contribution in [3.63, 3.8) is 0 Å². The molecule has 4 aromatic rings. The van der Waals surface area contributed by atoms with E-state index in [1.807, 2.05) is 85.8 Å². The average Bonchev–Trinajstić information content (AvgIpc) is 3.10. The van der Waals surface area contributed by atoms with E-state index in [0.717, 1.165) is 28.1 Å². The maximum Gasteiger partial charge on any atom is 0.328 e. The zero-order chi connectivity index (χ0) is 21.3. The van der Waals surface area contributed by atoms with Crippen LogP contribution in [0.5, 0.6) is 5.75 Å². The number of esters is 1. The maximum atomic E-state index is 13.6. The molecule has 1 aliphatic rings. The summed E-state index contributed by atoms with van der Waals surface area (Å²) in [6, 6.07) is 36.3. The smallest absolute Gasteiger partial charge is 0.328 e. The second kappa shape index (κ2) is 7.77. The normalized spacial score (nSPS) is 17.1. The molecule has 31 heavy (non-hydrogen) atoms. The van der Waals surface area contributed by atoms with Crippen molar-refractivity contribution in [2.24, 2.45) is 0 Å². The van der Waals surface area contributed by atoms with Crippen molar-refractivity contribution in [2.45, 2.75) is 12.3 Å². The Bertz CT molecular complexity index is 1170. The first-order valence-electron chi connectivity index (χ1n) is 10.4. The van der Waals surface area contributed by atoms with Crippen LogP contribution in [-0.4, -0.2) is 12.5 Å². The lowest BCUT2D eigenvalue weighted by Crippen LogP contribution is -2.45. The van der Waals surface area contributed by atoms with Crippen LogP contribution in [0.3, 0.4) is 0 Å². The number of para-hydroxylation sites is 2. The maximum absolute atomic E-state index is 13.6. The first-order valence-corrected chi connectivity index (χ1v) is 10.4. The molecule has 0 saturated heterocycles. The van der Waals surface area contributed by atoms with Crippen LogP contribution < -0.4 is 9.64 Å². The average molecular weight is 405 g/mol. The molecule has 0 bridgehead atoms. The van der Waals surface area contributed by atoms with Crippen LogP contribution in [0.25, 0.3) is 0 Å². The predicted octanol–water partition coefficient (Wildman–Crippen LogP) is 6.04. The number of rotatable bonds is 5. The molecule has 0 saturated carbocycles. The van der Waals surface area contributed by atoms with Crippen LogP contribution in [-0.2, 0) is 10.2 Å². The Morgan fingerprint density at radius 1 is 0.742 bits per heavy atom. The zero-order valence-electron chi connectivity index (χ0n) is 17.4. The number of ether oxygens (including phenoxy) is 1. The second-order valence-corrected chi connectivity index (χ2v) is 7.92. The van der Waals surface area contributed by atoms with Gasteiger partial charge in [-0.25, -0.2) is 0 Å². The van der Waals surface area contributed by atoms with E-state index in [1.54, 1.807) is 0 Å². The number of benzene rings is 4. The minimum atomic E-state index is -0.936. The molecule has 0 aromatic heterocycles. The fourth-order valence-electron chi connectivity index (χ4n) is 4.39. The van der Waals surface area contributed by atoms with E-state index in [0.29, 0.717) is 12.3 Å². The van der Waals surface area contributed by atoms with E-state index >= 15 is 0 Å². The summed E-state index contributed by atoms with van der Waals surface area (Å²) in [7, 11) is 0. The molecule has 0 amide bonds. The van der Waals surface area contributed by atoms with Gasteiger partial charge in [-0.1, -0.05) is 84.4 Å². The van der Waals surface area contributed by atoms with Crippen molar-refractivity contribution in [3.8, 4) is 5.75 Å². The number of carbonyl (C=O) groups is 1. The van der Waals surface area contributed by atoms with Gasteiger partial charge >= 0.3 is 5.97 Å². The van der Waals surface area contributed by atoms with Crippen LogP contribution in [0.2, 0.25) is 0 Å². The number of anilines is 2. The molecule has 1 aliphatic heterocycles. The van der Waals surface area contributed by atoms with Crippen molar-refractivity contribution in [3.05, 3.63) is 126 Å². The Labute approximate surface area is 182 Å². The molecule has 4 aromatic carbocycles. The Morgan fingerprint density at radius 3 is 1.87 bits per heavy atom. The van der Waals surface area contributed by atoms with Crippen LogP contribution in [0.4, 0.5) is 11.4 Å². The Hall–Kier alpha value is -3.85. The van der Waals surface area contributed by atoms with Gasteiger partial charge < -0.3 is 9.64 Å². The summed E-state index contributed by atoms with van der Waals surface area (Å²) < 4.78 is 5.84. The highest BCUT2D eigenvalue weighted by Crippen LogP contribution is 2.47. The molecule has 1 unspecified atom stereocenters. The molecule has 0 aliphatic carbocycles. The third kappa shape index (κ3) is 3.28. The molecule has 3 nitrogen and oxygen atoms in total. The SMILES string of the molecule is Cc1ccc2c(c1)C(CN(c1ccccc1)c1ccccc1)(c1ccccc1)C(=O)O2. The Balaban J connectivity index is 1.73. The molecular formula is C28H23NO2. The molecule has 5 rings (SSSR count). The second-order valence-electron chi connectivity index (χ2n) is 7.92. The molecule has 0 spiro atoms. The highest BCUT2D eigenvalue weighted by atomic mass is 16.5. The van der Waals surface area contributed by atoms with Gasteiger partial charge in [0.05, 0.1) is 0 Å². The lowest BCUT2D eigenvalue weighted by Gasteiger charge is -2.35. The van der Waals surface area contributed by atoms with E-state index in [9.17, 15) is 4.79 Å². The van der Waals surface area contributed by atoms with Gasteiger partial charge in [-0.3, -0.25) is 4.79 Å². The lowest BCUT2D eigenvalue weighted by atomic mass is 9.74. The van der Waals surface area contributed by atoms with E-state index in [-0.39, 0.29) is 5.97 Å². The zero-order valence-corrected chi connectivity index (χ0v) is 17.4. The summed E-state index contributed by atoms with van der Waals surface area (Å²) in [5, 5.41) is 0. The molecule has 0 N–H and O–H groups in total. The van der Waals surface area contributed by atoms with Gasteiger partial charge in [0, 0.05) is 23.5 Å². The monoisotopic (exact) mass is 405 g/mol. The highest BCUT2D eigenvalue weighted by molar-refractivity contribution is 5.95. The van der Waals surface area contributed by atoms with Crippen molar-refractivity contribution >= 4 is 17.3 Å². The topological polar surface area (TPSA) is 29.5 Å². The number of carbonyl (C=O) groups excluding carboxylic acids is 1. The Morgan fingerprint density at radius 2 is 1.29 bits per heavy atom. The van der Waals surface area contributed by atoms with Gasteiger partial charge in [-0.2, -0.15) is 0 Å². The van der Waals surface area contributed by atoms with Gasteiger partial charge in [0.1, 0.15) is 11.2 Å². The number of fused-ring (bicyclic) bond motifs is 1. The minimum absolute atomic E-state index is 0.240. The van der Waals surface area contributed by atoms with Crippen LogP contribution in [0.1, 0.15) is 16.7 Å². The van der Waals surface area contributed by atoms with E-state index in [1.165, 1.54) is 0 Å². The summed E-state index contributed by atoms with van der Waals surface area (Å²) >= 11 is 0. The summed E-state index contributed by atoms with van der Waals surface area (Å²) in [6.07, 6.45) is 0. The molecule has 3 heteroatoms.